The molecule has 2 heterocycles. The number of Topliss-reactive ketones (excluding diaryl/α,β-unsaturated/α-hetero) is 2. The minimum atomic E-state index is -1.01. The van der Waals surface area contributed by atoms with Gasteiger partial charge in [-0.15, -0.1) is 6.58 Å². The Hall–Kier alpha value is -3.28. The van der Waals surface area contributed by atoms with E-state index in [1.165, 1.54) is 11.0 Å². The van der Waals surface area contributed by atoms with E-state index in [9.17, 15) is 28.8 Å². The minimum Gasteiger partial charge on any atom is -0.463 e. The third-order valence-electron chi connectivity index (χ3n) is 9.09. The summed E-state index contributed by atoms with van der Waals surface area (Å²) in [5.74, 6) is -4.25. The molecule has 0 aromatic heterocycles. The van der Waals surface area contributed by atoms with Crippen LogP contribution in [-0.4, -0.2) is 90.3 Å². The normalized spacial score (nSPS) is 24.9. The number of ether oxygens (including phenoxy) is 2. The number of fused-ring (bicyclic) bond motifs is 1. The van der Waals surface area contributed by atoms with Crippen molar-refractivity contribution in [3.05, 3.63) is 12.7 Å². The van der Waals surface area contributed by atoms with Crippen LogP contribution in [0.1, 0.15) is 81.1 Å². The van der Waals surface area contributed by atoms with Gasteiger partial charge in [0.05, 0.1) is 6.04 Å². The summed E-state index contributed by atoms with van der Waals surface area (Å²) in [6, 6.07) is -1.70. The van der Waals surface area contributed by atoms with E-state index >= 15 is 0 Å². The van der Waals surface area contributed by atoms with Crippen molar-refractivity contribution < 1.29 is 38.2 Å². The molecule has 2 aliphatic heterocycles. The second-order valence-corrected chi connectivity index (χ2v) is 15.2. The first-order chi connectivity index (χ1) is 20.8. The van der Waals surface area contributed by atoms with Gasteiger partial charge in [-0.1, -0.05) is 40.7 Å². The zero-order chi connectivity index (χ0) is 33.9. The molecule has 6 atom stereocenters. The van der Waals surface area contributed by atoms with Crippen molar-refractivity contribution in [3.8, 4) is 0 Å². The first kappa shape index (κ1) is 36.2. The van der Waals surface area contributed by atoms with Crippen LogP contribution in [0.25, 0.3) is 0 Å². The van der Waals surface area contributed by atoms with E-state index in [1.54, 1.807) is 20.8 Å². The van der Waals surface area contributed by atoms with Crippen LogP contribution in [0, 0.1) is 28.6 Å². The molecule has 3 aliphatic rings. The second-order valence-electron chi connectivity index (χ2n) is 15.2. The van der Waals surface area contributed by atoms with Gasteiger partial charge in [-0.25, -0.2) is 4.79 Å². The number of likely N-dealkylation sites (tertiary alicyclic amines) is 1. The molecular weight excluding hydrogens is 580 g/mol. The molecule has 45 heavy (non-hydrogen) atoms. The van der Waals surface area contributed by atoms with Crippen LogP contribution >= 0.6 is 0 Å². The number of carbonyl (C=O) groups excluding carboxylic acids is 6. The van der Waals surface area contributed by atoms with E-state index in [1.807, 2.05) is 34.6 Å². The van der Waals surface area contributed by atoms with E-state index in [0.717, 1.165) is 19.4 Å². The number of nitrogens with zero attached hydrogens (tertiary/aromatic N) is 1. The summed E-state index contributed by atoms with van der Waals surface area (Å²) in [7, 11) is 0. The molecular formula is C33H52N4O8. The highest BCUT2D eigenvalue weighted by Gasteiger charge is 2.69. The molecule has 0 aromatic carbocycles. The quantitative estimate of drug-likeness (QED) is 0.158. The van der Waals surface area contributed by atoms with Crippen molar-refractivity contribution in [1.82, 2.24) is 20.9 Å². The van der Waals surface area contributed by atoms with E-state index in [-0.39, 0.29) is 48.5 Å². The van der Waals surface area contributed by atoms with Crippen LogP contribution in [-0.2, 0) is 33.4 Å². The van der Waals surface area contributed by atoms with Crippen LogP contribution in [0.2, 0.25) is 0 Å². The number of esters is 1. The van der Waals surface area contributed by atoms with Crippen LogP contribution in [0.3, 0.4) is 0 Å². The number of nitrogens with one attached hydrogen (secondary N) is 3. The van der Waals surface area contributed by atoms with Crippen molar-refractivity contribution in [2.75, 3.05) is 26.2 Å². The SMILES string of the molecule is C=CCC(CC(=O)C1C2C(CN1C(=O)C(NC(=O)OC(C)(C)C)C(C)(C)C)C2(C)C)C(=O)C(=O)NCC(=O)OCC1CCCN1. The van der Waals surface area contributed by atoms with Crippen molar-refractivity contribution in [2.24, 2.45) is 28.6 Å². The Labute approximate surface area is 266 Å². The molecule has 1 saturated carbocycles. The predicted molar refractivity (Wildman–Crippen MR) is 167 cm³/mol. The first-order valence-corrected chi connectivity index (χ1v) is 15.9. The molecule has 3 N–H and O–H groups in total. The van der Waals surface area contributed by atoms with E-state index in [0.29, 0.717) is 6.54 Å². The van der Waals surface area contributed by atoms with Gasteiger partial charge in [0.15, 0.2) is 5.78 Å². The van der Waals surface area contributed by atoms with Gasteiger partial charge in [0.2, 0.25) is 11.7 Å². The smallest absolute Gasteiger partial charge is 0.408 e. The third kappa shape index (κ3) is 9.14. The molecule has 3 fully saturated rings. The molecule has 12 heteroatoms. The van der Waals surface area contributed by atoms with Gasteiger partial charge >= 0.3 is 12.1 Å². The van der Waals surface area contributed by atoms with Gasteiger partial charge in [-0.3, -0.25) is 24.0 Å². The van der Waals surface area contributed by atoms with E-state index in [4.69, 9.17) is 9.47 Å². The van der Waals surface area contributed by atoms with E-state index < -0.39 is 65.2 Å². The standard InChI is InChI=1S/C33H52N4O8/c1-10-12-19(26(40)28(41)35-16-23(39)44-18-20-13-11-14-34-20)15-22(38)25-24-21(33(24,8)9)17-37(25)29(42)27(31(2,3)4)36-30(43)45-32(5,6)7/h10,19-21,24-25,27,34H,1,11-18H2,2-9H3,(H,35,41)(H,36,43). The zero-order valence-electron chi connectivity index (χ0n) is 28.1. The number of ketones is 2. The number of rotatable bonds is 13. The van der Waals surface area contributed by atoms with Crippen LogP contribution < -0.4 is 16.0 Å². The van der Waals surface area contributed by atoms with Gasteiger partial charge in [-0.05, 0) is 69.2 Å². The summed E-state index contributed by atoms with van der Waals surface area (Å²) >= 11 is 0. The Balaban J connectivity index is 1.70. The maximum absolute atomic E-state index is 14.0. The summed E-state index contributed by atoms with van der Waals surface area (Å²) in [5, 5.41) is 8.24. The predicted octanol–water partition coefficient (Wildman–Crippen LogP) is 2.54. The highest BCUT2D eigenvalue weighted by molar-refractivity contribution is 6.37. The number of piperidine rings is 1. The molecule has 0 aromatic rings. The molecule has 6 unspecified atom stereocenters. The lowest BCUT2D eigenvalue weighted by molar-refractivity contribution is -0.147. The molecule has 0 bridgehead atoms. The fourth-order valence-electron chi connectivity index (χ4n) is 6.54. The summed E-state index contributed by atoms with van der Waals surface area (Å²) < 4.78 is 10.6. The third-order valence-corrected chi connectivity index (χ3v) is 9.09. The Kier molecular flexibility index (Phi) is 11.3. The molecule has 2 saturated heterocycles. The molecule has 12 nitrogen and oxygen atoms in total. The topological polar surface area (TPSA) is 160 Å². The fourth-order valence-corrected chi connectivity index (χ4v) is 6.54. The minimum absolute atomic E-state index is 0.0682. The second kappa shape index (κ2) is 14.0. The number of allylic oxidation sites excluding steroid dienone is 1. The lowest BCUT2D eigenvalue weighted by atomic mass is 9.84. The van der Waals surface area contributed by atoms with Gasteiger partial charge in [0.1, 0.15) is 24.8 Å². The lowest BCUT2D eigenvalue weighted by Gasteiger charge is -2.38. The summed E-state index contributed by atoms with van der Waals surface area (Å²) in [5.41, 5.74) is -1.64. The summed E-state index contributed by atoms with van der Waals surface area (Å²) in [6.45, 7) is 19.4. The summed E-state index contributed by atoms with van der Waals surface area (Å²) in [4.78, 5) is 80.2. The molecule has 3 amide bonds. The van der Waals surface area contributed by atoms with Crippen LogP contribution in [0.15, 0.2) is 12.7 Å². The largest absolute Gasteiger partial charge is 0.463 e. The Morgan fingerprint density at radius 1 is 1.09 bits per heavy atom. The monoisotopic (exact) mass is 632 g/mol. The highest BCUT2D eigenvalue weighted by Crippen LogP contribution is 2.65. The number of hydrogen-bond acceptors (Lipinski definition) is 9. The maximum atomic E-state index is 14.0. The molecule has 1 aliphatic carbocycles. The Morgan fingerprint density at radius 3 is 2.31 bits per heavy atom. The van der Waals surface area contributed by atoms with Gasteiger partial charge < -0.3 is 30.3 Å². The van der Waals surface area contributed by atoms with Crippen LogP contribution in [0.4, 0.5) is 4.79 Å². The highest BCUT2D eigenvalue weighted by atomic mass is 16.6. The average Bonchev–Trinajstić information content (AvgIpc) is 3.36. The molecule has 252 valence electrons. The lowest BCUT2D eigenvalue weighted by Crippen LogP contribution is -2.58. The fraction of sp³-hybridized carbons (Fsp3) is 0.758. The van der Waals surface area contributed by atoms with Gasteiger partial charge in [-0.2, -0.15) is 0 Å². The molecule has 3 rings (SSSR count). The summed E-state index contributed by atoms with van der Waals surface area (Å²) in [6.07, 6.45) is 2.43. The number of hydrogen-bond donors (Lipinski definition) is 3. The van der Waals surface area contributed by atoms with Crippen LogP contribution in [0.5, 0.6) is 0 Å². The average molecular weight is 633 g/mol. The van der Waals surface area contributed by atoms with Crippen molar-refractivity contribution in [1.29, 1.82) is 0 Å². The van der Waals surface area contributed by atoms with Crippen molar-refractivity contribution >= 4 is 35.4 Å². The Morgan fingerprint density at radius 2 is 1.76 bits per heavy atom. The number of amides is 3. The number of carbonyl (C=O) groups is 6. The maximum Gasteiger partial charge on any atom is 0.408 e. The number of alkyl carbamates (subject to hydrolysis) is 1. The van der Waals surface area contributed by atoms with E-state index in [2.05, 4.69) is 22.5 Å². The molecule has 0 radical (unpaired) electrons. The van der Waals surface area contributed by atoms with Gasteiger partial charge in [0, 0.05) is 24.9 Å². The van der Waals surface area contributed by atoms with Crippen molar-refractivity contribution in [3.63, 3.8) is 0 Å². The zero-order valence-corrected chi connectivity index (χ0v) is 28.1. The Bertz CT molecular complexity index is 1180. The van der Waals surface area contributed by atoms with Crippen molar-refractivity contribution in [2.45, 2.75) is 105 Å². The molecule has 0 spiro atoms. The van der Waals surface area contributed by atoms with Gasteiger partial charge in [0.25, 0.3) is 5.91 Å². The first-order valence-electron chi connectivity index (χ1n) is 15.9.